The van der Waals surface area contributed by atoms with Crippen LogP contribution in [0, 0.1) is 11.6 Å². The summed E-state index contributed by atoms with van der Waals surface area (Å²) >= 11 is 0. The Morgan fingerprint density at radius 3 is 2.56 bits per heavy atom. The van der Waals surface area contributed by atoms with Crippen molar-refractivity contribution >= 4 is 11.6 Å². The van der Waals surface area contributed by atoms with Gasteiger partial charge in [0.2, 0.25) is 0 Å². The van der Waals surface area contributed by atoms with Gasteiger partial charge in [-0.3, -0.25) is 0 Å². The summed E-state index contributed by atoms with van der Waals surface area (Å²) in [5.74, 6) is -0.979. The van der Waals surface area contributed by atoms with Crippen LogP contribution in [0.4, 0.5) is 20.4 Å². The van der Waals surface area contributed by atoms with Crippen LogP contribution in [-0.4, -0.2) is 24.6 Å². The van der Waals surface area contributed by atoms with E-state index in [1.807, 2.05) is 20.8 Å². The van der Waals surface area contributed by atoms with E-state index < -0.39 is 11.6 Å². The highest BCUT2D eigenvalue weighted by molar-refractivity contribution is 5.49. The summed E-state index contributed by atoms with van der Waals surface area (Å²) in [6.45, 7) is 6.57. The van der Waals surface area contributed by atoms with Crippen LogP contribution in [0.15, 0.2) is 6.07 Å². The number of nitrogens with one attached hydrogen (secondary N) is 1. The maximum atomic E-state index is 13.7. The molecule has 0 bridgehead atoms. The number of anilines is 2. The summed E-state index contributed by atoms with van der Waals surface area (Å²) < 4.78 is 27.2. The molecule has 3 nitrogen and oxygen atoms in total. The molecule has 5 heteroatoms. The summed E-state index contributed by atoms with van der Waals surface area (Å²) in [6.07, 6.45) is 1.72. The summed E-state index contributed by atoms with van der Waals surface area (Å²) in [5, 5.41) is 2.86. The van der Waals surface area contributed by atoms with E-state index >= 15 is 0 Å². The van der Waals surface area contributed by atoms with Crippen LogP contribution in [0.1, 0.15) is 33.6 Å². The van der Waals surface area contributed by atoms with Gasteiger partial charge in [-0.1, -0.05) is 13.8 Å². The fourth-order valence-corrected chi connectivity index (χ4v) is 1.55. The van der Waals surface area contributed by atoms with Crippen LogP contribution in [0.5, 0.6) is 0 Å². The number of aromatic nitrogens is 1. The third-order valence-electron chi connectivity index (χ3n) is 3.04. The van der Waals surface area contributed by atoms with E-state index in [0.717, 1.165) is 18.9 Å². The van der Waals surface area contributed by atoms with Crippen molar-refractivity contribution in [2.75, 3.05) is 23.8 Å². The monoisotopic (exact) mass is 257 g/mol. The van der Waals surface area contributed by atoms with Crippen molar-refractivity contribution in [3.63, 3.8) is 0 Å². The second-order valence-electron chi connectivity index (χ2n) is 4.42. The fourth-order valence-electron chi connectivity index (χ4n) is 1.55. The van der Waals surface area contributed by atoms with Crippen molar-refractivity contribution in [2.24, 2.45) is 0 Å². The van der Waals surface area contributed by atoms with Crippen LogP contribution in [0.25, 0.3) is 0 Å². The van der Waals surface area contributed by atoms with E-state index in [1.165, 1.54) is 0 Å². The normalized spacial score (nSPS) is 12.3. The minimum Gasteiger partial charge on any atom is -0.368 e. The lowest BCUT2D eigenvalue weighted by Crippen LogP contribution is -2.30. The van der Waals surface area contributed by atoms with Gasteiger partial charge in [-0.25, -0.2) is 13.8 Å². The zero-order chi connectivity index (χ0) is 13.7. The minimum absolute atomic E-state index is 0.114. The van der Waals surface area contributed by atoms with Gasteiger partial charge in [0.25, 0.3) is 0 Å². The standard InChI is InChI=1S/C13H21F2N3/c1-5-7-16-12-10(14)8-11(15)13(17-12)18(4)9(3)6-2/h8-9H,5-7H2,1-4H3,(H,16,17). The van der Waals surface area contributed by atoms with E-state index in [0.29, 0.717) is 6.54 Å². The first-order valence-electron chi connectivity index (χ1n) is 6.33. The van der Waals surface area contributed by atoms with Crippen LogP contribution in [0.2, 0.25) is 0 Å². The first-order valence-corrected chi connectivity index (χ1v) is 6.33. The average Bonchev–Trinajstić information content (AvgIpc) is 2.36. The number of nitrogens with zero attached hydrogens (tertiary/aromatic N) is 2. The van der Waals surface area contributed by atoms with Gasteiger partial charge in [-0.2, -0.15) is 0 Å². The van der Waals surface area contributed by atoms with Gasteiger partial charge in [-0.05, 0) is 19.8 Å². The quantitative estimate of drug-likeness (QED) is 0.846. The lowest BCUT2D eigenvalue weighted by molar-refractivity contribution is 0.560. The van der Waals surface area contributed by atoms with E-state index in [9.17, 15) is 8.78 Å². The van der Waals surface area contributed by atoms with Crippen molar-refractivity contribution < 1.29 is 8.78 Å². The van der Waals surface area contributed by atoms with Crippen LogP contribution >= 0.6 is 0 Å². The molecule has 0 aromatic carbocycles. The maximum Gasteiger partial charge on any atom is 0.168 e. The van der Waals surface area contributed by atoms with Crippen molar-refractivity contribution in [1.29, 1.82) is 0 Å². The third-order valence-corrected chi connectivity index (χ3v) is 3.04. The smallest absolute Gasteiger partial charge is 0.168 e. The number of halogens is 2. The molecule has 0 fully saturated rings. The minimum atomic E-state index is -0.651. The van der Waals surface area contributed by atoms with Crippen molar-refractivity contribution in [3.8, 4) is 0 Å². The molecule has 0 saturated carbocycles. The average molecular weight is 257 g/mol. The van der Waals surface area contributed by atoms with Gasteiger partial charge < -0.3 is 10.2 Å². The molecule has 0 aliphatic carbocycles. The fraction of sp³-hybridized carbons (Fsp3) is 0.615. The summed E-state index contributed by atoms with van der Waals surface area (Å²) in [6, 6.07) is 1.04. The Bertz CT molecular complexity index is 396. The zero-order valence-corrected chi connectivity index (χ0v) is 11.4. The Balaban J connectivity index is 3.04. The Hall–Kier alpha value is -1.39. The lowest BCUT2D eigenvalue weighted by atomic mass is 10.2. The van der Waals surface area contributed by atoms with E-state index in [4.69, 9.17) is 0 Å². The molecule has 0 radical (unpaired) electrons. The van der Waals surface area contributed by atoms with Crippen LogP contribution in [-0.2, 0) is 0 Å². The molecule has 0 aliphatic rings. The van der Waals surface area contributed by atoms with Gasteiger partial charge in [0.1, 0.15) is 0 Å². The summed E-state index contributed by atoms with van der Waals surface area (Å²) in [7, 11) is 1.76. The Labute approximate surface area is 107 Å². The summed E-state index contributed by atoms with van der Waals surface area (Å²) in [4.78, 5) is 5.77. The van der Waals surface area contributed by atoms with E-state index in [2.05, 4.69) is 10.3 Å². The van der Waals surface area contributed by atoms with Gasteiger partial charge in [0.15, 0.2) is 23.3 Å². The molecular formula is C13H21F2N3. The van der Waals surface area contributed by atoms with Gasteiger partial charge >= 0.3 is 0 Å². The highest BCUT2D eigenvalue weighted by Crippen LogP contribution is 2.23. The first-order chi connectivity index (χ1) is 8.51. The topological polar surface area (TPSA) is 28.2 Å². The molecule has 1 aromatic heterocycles. The molecule has 0 aliphatic heterocycles. The molecule has 0 amide bonds. The molecule has 1 aromatic rings. The second kappa shape index (κ2) is 6.52. The number of rotatable bonds is 6. The Morgan fingerprint density at radius 1 is 1.33 bits per heavy atom. The zero-order valence-electron chi connectivity index (χ0n) is 11.4. The van der Waals surface area contributed by atoms with Crippen molar-refractivity contribution in [2.45, 2.75) is 39.7 Å². The number of hydrogen-bond donors (Lipinski definition) is 1. The first kappa shape index (κ1) is 14.7. The molecule has 1 atom stereocenters. The van der Waals surface area contributed by atoms with Crippen molar-refractivity contribution in [3.05, 3.63) is 17.7 Å². The van der Waals surface area contributed by atoms with E-state index in [-0.39, 0.29) is 17.7 Å². The second-order valence-corrected chi connectivity index (χ2v) is 4.42. The molecule has 0 spiro atoms. The lowest BCUT2D eigenvalue weighted by Gasteiger charge is -2.25. The van der Waals surface area contributed by atoms with E-state index in [1.54, 1.807) is 11.9 Å². The van der Waals surface area contributed by atoms with Crippen molar-refractivity contribution in [1.82, 2.24) is 4.98 Å². The molecule has 1 unspecified atom stereocenters. The molecule has 1 N–H and O–H groups in total. The van der Waals surface area contributed by atoms with Gasteiger partial charge in [-0.15, -0.1) is 0 Å². The molecule has 0 saturated heterocycles. The van der Waals surface area contributed by atoms with Gasteiger partial charge in [0.05, 0.1) is 0 Å². The molecular weight excluding hydrogens is 236 g/mol. The number of pyridine rings is 1. The highest BCUT2D eigenvalue weighted by atomic mass is 19.1. The largest absolute Gasteiger partial charge is 0.368 e. The highest BCUT2D eigenvalue weighted by Gasteiger charge is 2.17. The van der Waals surface area contributed by atoms with Gasteiger partial charge in [0, 0.05) is 25.7 Å². The number of hydrogen-bond acceptors (Lipinski definition) is 3. The summed E-state index contributed by atoms with van der Waals surface area (Å²) in [5.41, 5.74) is 0. The third kappa shape index (κ3) is 3.31. The van der Waals surface area contributed by atoms with Crippen LogP contribution < -0.4 is 10.2 Å². The SMILES string of the molecule is CCCNc1nc(N(C)C(C)CC)c(F)cc1F. The molecule has 1 heterocycles. The van der Waals surface area contributed by atoms with Crippen LogP contribution in [0.3, 0.4) is 0 Å². The predicted molar refractivity (Wildman–Crippen MR) is 71.1 cm³/mol. The Kier molecular flexibility index (Phi) is 5.31. The predicted octanol–water partition coefficient (Wildman–Crippen LogP) is 3.42. The Morgan fingerprint density at radius 2 is 2.00 bits per heavy atom. The molecule has 18 heavy (non-hydrogen) atoms. The molecule has 102 valence electrons. The molecule has 1 rings (SSSR count). The maximum absolute atomic E-state index is 13.7.